The van der Waals surface area contributed by atoms with Gasteiger partial charge in [0.2, 0.25) is 0 Å². The predicted octanol–water partition coefficient (Wildman–Crippen LogP) is 1.23. The van der Waals surface area contributed by atoms with Gasteiger partial charge in [0, 0.05) is 5.69 Å². The van der Waals surface area contributed by atoms with Crippen molar-refractivity contribution in [2.24, 2.45) is 5.73 Å². The molecule has 1 heterocycles. The summed E-state index contributed by atoms with van der Waals surface area (Å²) in [6.45, 7) is 8.10. The quantitative estimate of drug-likeness (QED) is 0.794. The molecule has 0 fully saturated rings. The van der Waals surface area contributed by atoms with Crippen molar-refractivity contribution in [2.45, 2.75) is 46.8 Å². The second-order valence-corrected chi connectivity index (χ2v) is 5.03. The fourth-order valence-corrected chi connectivity index (χ4v) is 1.81. The van der Waals surface area contributed by atoms with Gasteiger partial charge in [-0.1, -0.05) is 0 Å². The molecule has 0 spiro atoms. The summed E-state index contributed by atoms with van der Waals surface area (Å²) in [6, 6.07) is 0. The minimum Gasteiger partial charge on any atom is -0.459 e. The zero-order chi connectivity index (χ0) is 16.3. The Balaban J connectivity index is 3.04. The van der Waals surface area contributed by atoms with Crippen LogP contribution < -0.4 is 5.73 Å². The number of hydrogen-bond donors (Lipinski definition) is 2. The van der Waals surface area contributed by atoms with Crippen molar-refractivity contribution in [3.05, 3.63) is 22.5 Å². The molecule has 0 aliphatic rings. The number of primary amides is 1. The maximum atomic E-state index is 12.0. The van der Waals surface area contributed by atoms with Crippen LogP contribution in [0.2, 0.25) is 0 Å². The molecule has 0 saturated carbocycles. The second kappa shape index (κ2) is 6.43. The van der Waals surface area contributed by atoms with Gasteiger partial charge >= 0.3 is 11.9 Å². The molecule has 7 nitrogen and oxygen atoms in total. The number of nitrogens with one attached hydrogen (secondary N) is 1. The van der Waals surface area contributed by atoms with E-state index in [-0.39, 0.29) is 11.8 Å². The van der Waals surface area contributed by atoms with Gasteiger partial charge in [0.25, 0.3) is 5.91 Å². The third kappa shape index (κ3) is 3.84. The van der Waals surface area contributed by atoms with Crippen molar-refractivity contribution in [1.29, 1.82) is 0 Å². The van der Waals surface area contributed by atoms with Gasteiger partial charge in [-0.15, -0.1) is 0 Å². The van der Waals surface area contributed by atoms with E-state index in [0.717, 1.165) is 0 Å². The van der Waals surface area contributed by atoms with Gasteiger partial charge in [0.05, 0.1) is 11.7 Å². The van der Waals surface area contributed by atoms with E-state index in [0.29, 0.717) is 16.8 Å². The Morgan fingerprint density at radius 1 is 1.05 bits per heavy atom. The highest BCUT2D eigenvalue weighted by atomic mass is 16.5. The molecule has 21 heavy (non-hydrogen) atoms. The lowest BCUT2D eigenvalue weighted by atomic mass is 10.1. The molecule has 0 saturated heterocycles. The van der Waals surface area contributed by atoms with Crippen LogP contribution in [0.25, 0.3) is 0 Å². The van der Waals surface area contributed by atoms with Crippen molar-refractivity contribution < 1.29 is 23.9 Å². The zero-order valence-electron chi connectivity index (χ0n) is 12.8. The van der Waals surface area contributed by atoms with Gasteiger partial charge < -0.3 is 20.2 Å². The van der Waals surface area contributed by atoms with E-state index in [2.05, 4.69) is 4.98 Å². The second-order valence-electron chi connectivity index (χ2n) is 5.03. The maximum Gasteiger partial charge on any atom is 0.355 e. The van der Waals surface area contributed by atoms with Crippen LogP contribution in [0.15, 0.2) is 0 Å². The molecule has 1 aromatic rings. The molecule has 1 aromatic heterocycles. The van der Waals surface area contributed by atoms with E-state index in [1.165, 1.54) is 6.92 Å². The molecule has 0 aliphatic heterocycles. The van der Waals surface area contributed by atoms with Crippen molar-refractivity contribution in [2.75, 3.05) is 0 Å². The number of aryl methyl sites for hydroxylation is 1. The molecule has 0 aliphatic carbocycles. The number of aromatic nitrogens is 1. The number of aromatic amines is 1. The number of esters is 2. The minimum atomic E-state index is -1.05. The van der Waals surface area contributed by atoms with Crippen LogP contribution in [0.1, 0.15) is 52.9 Å². The molecule has 116 valence electrons. The van der Waals surface area contributed by atoms with Gasteiger partial charge in [-0.05, 0) is 40.2 Å². The first-order valence-electron chi connectivity index (χ1n) is 6.55. The van der Waals surface area contributed by atoms with Crippen LogP contribution >= 0.6 is 0 Å². The van der Waals surface area contributed by atoms with Crippen molar-refractivity contribution >= 4 is 17.8 Å². The summed E-state index contributed by atoms with van der Waals surface area (Å²) < 4.78 is 10.0. The van der Waals surface area contributed by atoms with Crippen LogP contribution in [0, 0.1) is 13.8 Å². The smallest absolute Gasteiger partial charge is 0.355 e. The molecule has 0 bridgehead atoms. The molecule has 7 heteroatoms. The summed E-state index contributed by atoms with van der Waals surface area (Å²) in [6.07, 6.45) is -1.32. The number of H-pyrrole nitrogens is 1. The molecular weight excluding hydrogens is 276 g/mol. The van der Waals surface area contributed by atoms with E-state index >= 15 is 0 Å². The summed E-state index contributed by atoms with van der Waals surface area (Å²) in [4.78, 5) is 37.7. The molecule has 0 unspecified atom stereocenters. The predicted molar refractivity (Wildman–Crippen MR) is 74.9 cm³/mol. The number of carbonyl (C=O) groups is 3. The lowest BCUT2D eigenvalue weighted by Gasteiger charge is -2.09. The number of hydrogen-bond acceptors (Lipinski definition) is 5. The largest absolute Gasteiger partial charge is 0.459 e. The average molecular weight is 296 g/mol. The highest BCUT2D eigenvalue weighted by molar-refractivity contribution is 5.99. The Morgan fingerprint density at radius 3 is 2.10 bits per heavy atom. The normalized spacial score (nSPS) is 12.1. The number of rotatable bonds is 5. The summed E-state index contributed by atoms with van der Waals surface area (Å²) in [5.74, 6) is -2.01. The lowest BCUT2D eigenvalue weighted by Crippen LogP contribution is -2.30. The van der Waals surface area contributed by atoms with E-state index in [1.807, 2.05) is 0 Å². The van der Waals surface area contributed by atoms with Crippen LogP contribution in [-0.2, 0) is 14.3 Å². The van der Waals surface area contributed by atoms with Gasteiger partial charge in [-0.25, -0.2) is 9.59 Å². The maximum absolute atomic E-state index is 12.0. The first-order valence-corrected chi connectivity index (χ1v) is 6.55. The summed E-state index contributed by atoms with van der Waals surface area (Å²) >= 11 is 0. The summed E-state index contributed by atoms with van der Waals surface area (Å²) in [5.41, 5.74) is 6.35. The highest BCUT2D eigenvalue weighted by Crippen LogP contribution is 2.20. The molecule has 0 aromatic carbocycles. The van der Waals surface area contributed by atoms with Crippen LogP contribution in [0.3, 0.4) is 0 Å². The van der Waals surface area contributed by atoms with Gasteiger partial charge in [0.1, 0.15) is 5.69 Å². The minimum absolute atomic E-state index is 0.108. The first-order chi connectivity index (χ1) is 9.65. The van der Waals surface area contributed by atoms with Crippen molar-refractivity contribution in [3.63, 3.8) is 0 Å². The fourth-order valence-electron chi connectivity index (χ4n) is 1.81. The standard InChI is InChI=1S/C14H20N2O5/c1-6(2)20-13(18)10-7(3)11(16-8(10)4)14(19)21-9(5)12(15)17/h6,9,16H,1-5H3,(H2,15,17)/t9-/m0/s1. The van der Waals surface area contributed by atoms with Crippen molar-refractivity contribution in [1.82, 2.24) is 4.98 Å². The number of nitrogens with two attached hydrogens (primary N) is 1. The summed E-state index contributed by atoms with van der Waals surface area (Å²) in [7, 11) is 0. The third-order valence-corrected chi connectivity index (χ3v) is 2.87. The van der Waals surface area contributed by atoms with Gasteiger partial charge in [0.15, 0.2) is 6.10 Å². The molecule has 1 rings (SSSR count). The van der Waals surface area contributed by atoms with E-state index < -0.39 is 23.9 Å². The zero-order valence-corrected chi connectivity index (χ0v) is 12.8. The Morgan fingerprint density at radius 2 is 1.62 bits per heavy atom. The van der Waals surface area contributed by atoms with Crippen LogP contribution in [0.5, 0.6) is 0 Å². The van der Waals surface area contributed by atoms with E-state index in [4.69, 9.17) is 15.2 Å². The van der Waals surface area contributed by atoms with Crippen molar-refractivity contribution in [3.8, 4) is 0 Å². The van der Waals surface area contributed by atoms with Gasteiger partial charge in [-0.3, -0.25) is 4.79 Å². The number of amides is 1. The van der Waals surface area contributed by atoms with Gasteiger partial charge in [-0.2, -0.15) is 0 Å². The van der Waals surface area contributed by atoms with Crippen LogP contribution in [-0.4, -0.2) is 35.0 Å². The van der Waals surface area contributed by atoms with E-state index in [1.54, 1.807) is 27.7 Å². The molecule has 1 amide bonds. The topological polar surface area (TPSA) is 111 Å². The Hall–Kier alpha value is -2.31. The fraction of sp³-hybridized carbons (Fsp3) is 0.500. The Labute approximate surface area is 122 Å². The highest BCUT2D eigenvalue weighted by Gasteiger charge is 2.26. The molecule has 1 atom stereocenters. The molecular formula is C14H20N2O5. The molecule has 3 N–H and O–H groups in total. The van der Waals surface area contributed by atoms with E-state index in [9.17, 15) is 14.4 Å². The number of carbonyl (C=O) groups excluding carboxylic acids is 3. The Bertz CT molecular complexity index is 574. The monoisotopic (exact) mass is 296 g/mol. The Kier molecular flexibility index (Phi) is 5.12. The molecule has 0 radical (unpaired) electrons. The summed E-state index contributed by atoms with van der Waals surface area (Å²) in [5, 5.41) is 0. The number of ether oxygens (including phenoxy) is 2. The lowest BCUT2D eigenvalue weighted by molar-refractivity contribution is -0.125. The first kappa shape index (κ1) is 16.7. The SMILES string of the molecule is Cc1[nH]c(C(=O)O[C@@H](C)C(N)=O)c(C)c1C(=O)OC(C)C. The average Bonchev–Trinajstić information content (AvgIpc) is 2.63. The van der Waals surface area contributed by atoms with Crippen LogP contribution in [0.4, 0.5) is 0 Å². The third-order valence-electron chi connectivity index (χ3n) is 2.87.